The second-order valence-electron chi connectivity index (χ2n) is 4.75. The molecule has 124 valence electrons. The number of aromatic nitrogens is 4. The number of imidazole rings is 1. The predicted octanol–water partition coefficient (Wildman–Crippen LogP) is 2.78. The lowest BCUT2D eigenvalue weighted by Gasteiger charge is -2.10. The van der Waals surface area contributed by atoms with Crippen LogP contribution in [0.1, 0.15) is 22.2 Å². The number of rotatable bonds is 5. The van der Waals surface area contributed by atoms with Gasteiger partial charge < -0.3 is 9.26 Å². The fourth-order valence-electron chi connectivity index (χ4n) is 2.06. The summed E-state index contributed by atoms with van der Waals surface area (Å²) in [7, 11) is 0. The van der Waals surface area contributed by atoms with Gasteiger partial charge in [-0.05, 0) is 37.4 Å². The van der Waals surface area contributed by atoms with Gasteiger partial charge in [0.1, 0.15) is 5.82 Å². The summed E-state index contributed by atoms with van der Waals surface area (Å²) in [6, 6.07) is 5.76. The highest BCUT2D eigenvalue weighted by atomic mass is 32.2. The molecule has 0 unspecified atom stereocenters. The number of hydrogen-bond acceptors (Lipinski definition) is 7. The summed E-state index contributed by atoms with van der Waals surface area (Å²) < 4.78 is 24.8. The van der Waals surface area contributed by atoms with Crippen molar-refractivity contribution in [2.24, 2.45) is 0 Å². The van der Waals surface area contributed by atoms with Gasteiger partial charge in [0.15, 0.2) is 23.3 Å². The molecule has 0 bridgehead atoms. The summed E-state index contributed by atoms with van der Waals surface area (Å²) in [5, 5.41) is 4.21. The molecule has 24 heavy (non-hydrogen) atoms. The van der Waals surface area contributed by atoms with Gasteiger partial charge in [0.25, 0.3) is 5.89 Å². The number of ether oxygens (including phenoxy) is 1. The quantitative estimate of drug-likeness (QED) is 0.518. The smallest absolute Gasteiger partial charge is 0.357 e. The van der Waals surface area contributed by atoms with E-state index in [4.69, 9.17) is 9.26 Å². The fourth-order valence-corrected chi connectivity index (χ4v) is 2.61. The summed E-state index contributed by atoms with van der Waals surface area (Å²) in [4.78, 5) is 20.5. The average Bonchev–Trinajstić information content (AvgIpc) is 3.19. The molecule has 9 heteroatoms. The van der Waals surface area contributed by atoms with Crippen LogP contribution in [-0.2, 0) is 11.3 Å². The number of benzene rings is 1. The summed E-state index contributed by atoms with van der Waals surface area (Å²) in [6.45, 7) is 1.53. The Morgan fingerprint density at radius 1 is 1.38 bits per heavy atom. The molecule has 3 rings (SSSR count). The normalized spacial score (nSPS) is 10.8. The number of carbonyl (C=O) groups excluding carboxylic acids is 1. The maximum absolute atomic E-state index is 13.1. The Bertz CT molecular complexity index is 860. The largest absolute Gasteiger partial charge is 0.451 e. The summed E-state index contributed by atoms with van der Waals surface area (Å²) in [6.07, 6.45) is 3.25. The van der Waals surface area contributed by atoms with Crippen LogP contribution in [0.3, 0.4) is 0 Å². The van der Waals surface area contributed by atoms with Crippen molar-refractivity contribution >= 4 is 17.7 Å². The van der Waals surface area contributed by atoms with E-state index in [1.807, 2.05) is 6.26 Å². The van der Waals surface area contributed by atoms with Crippen molar-refractivity contribution < 1.29 is 18.4 Å². The van der Waals surface area contributed by atoms with Gasteiger partial charge in [-0.2, -0.15) is 4.98 Å². The minimum absolute atomic E-state index is 0.136. The molecule has 7 nitrogen and oxygen atoms in total. The lowest BCUT2D eigenvalue weighted by atomic mass is 10.3. The topological polar surface area (TPSA) is 83.0 Å². The minimum atomic E-state index is -0.594. The van der Waals surface area contributed by atoms with Crippen molar-refractivity contribution in [3.8, 4) is 5.69 Å². The molecule has 0 aliphatic heterocycles. The predicted molar refractivity (Wildman–Crippen MR) is 83.5 cm³/mol. The highest BCUT2D eigenvalue weighted by Crippen LogP contribution is 2.22. The third kappa shape index (κ3) is 3.30. The first-order valence-electron chi connectivity index (χ1n) is 6.92. The van der Waals surface area contributed by atoms with E-state index in [9.17, 15) is 9.18 Å². The molecule has 0 spiro atoms. The van der Waals surface area contributed by atoms with Crippen LogP contribution in [0.15, 0.2) is 40.1 Å². The van der Waals surface area contributed by atoms with Crippen molar-refractivity contribution in [3.63, 3.8) is 0 Å². The molecule has 3 aromatic rings. The van der Waals surface area contributed by atoms with E-state index in [1.54, 1.807) is 23.6 Å². The zero-order valence-electron chi connectivity index (χ0n) is 12.9. The third-order valence-corrected chi connectivity index (χ3v) is 3.76. The van der Waals surface area contributed by atoms with Crippen LogP contribution in [0.25, 0.3) is 5.69 Å². The Kier molecular flexibility index (Phi) is 4.61. The number of halogens is 1. The first-order valence-corrected chi connectivity index (χ1v) is 8.15. The molecule has 2 aromatic heterocycles. The first-order chi connectivity index (χ1) is 11.6. The van der Waals surface area contributed by atoms with Crippen molar-refractivity contribution in [3.05, 3.63) is 53.7 Å². The molecular formula is C15H13FN4O3S. The summed E-state index contributed by atoms with van der Waals surface area (Å²) in [5.41, 5.74) is 0.834. The molecule has 2 heterocycles. The van der Waals surface area contributed by atoms with Crippen molar-refractivity contribution in [2.45, 2.75) is 18.7 Å². The van der Waals surface area contributed by atoms with Crippen LogP contribution < -0.4 is 0 Å². The standard InChI is InChI=1S/C15H13FN4O3S/c1-9-18-13(23-19-9)8-22-14(21)12-7-17-15(24-2)20(12)11-5-3-10(16)4-6-11/h3-7H,8H2,1-2H3. The SMILES string of the molecule is CSc1ncc(C(=O)OCc2nc(C)no2)n1-c1ccc(F)cc1. The molecule has 0 aliphatic rings. The molecule has 0 saturated heterocycles. The molecule has 0 radical (unpaired) electrons. The van der Waals surface area contributed by atoms with E-state index >= 15 is 0 Å². The molecule has 0 N–H and O–H groups in total. The van der Waals surface area contributed by atoms with Crippen molar-refractivity contribution in [1.29, 1.82) is 0 Å². The van der Waals surface area contributed by atoms with E-state index in [0.717, 1.165) is 0 Å². The number of hydrogen-bond donors (Lipinski definition) is 0. The van der Waals surface area contributed by atoms with Gasteiger partial charge >= 0.3 is 5.97 Å². The Balaban J connectivity index is 1.86. The highest BCUT2D eigenvalue weighted by Gasteiger charge is 2.20. The molecule has 0 aliphatic carbocycles. The van der Waals surface area contributed by atoms with Gasteiger partial charge in [0, 0.05) is 5.69 Å². The Hall–Kier alpha value is -2.68. The Morgan fingerprint density at radius 2 is 2.12 bits per heavy atom. The Labute approximate surface area is 140 Å². The molecular weight excluding hydrogens is 335 g/mol. The van der Waals surface area contributed by atoms with E-state index in [-0.39, 0.29) is 24.0 Å². The Morgan fingerprint density at radius 3 is 2.75 bits per heavy atom. The lowest BCUT2D eigenvalue weighted by Crippen LogP contribution is -2.12. The molecule has 1 aromatic carbocycles. The van der Waals surface area contributed by atoms with Gasteiger partial charge in [-0.1, -0.05) is 16.9 Å². The van der Waals surface area contributed by atoms with Crippen LogP contribution >= 0.6 is 11.8 Å². The van der Waals surface area contributed by atoms with E-state index in [0.29, 0.717) is 16.7 Å². The number of thioether (sulfide) groups is 1. The third-order valence-electron chi connectivity index (χ3n) is 3.10. The van der Waals surface area contributed by atoms with Gasteiger partial charge in [-0.15, -0.1) is 0 Å². The van der Waals surface area contributed by atoms with Crippen LogP contribution in [0.5, 0.6) is 0 Å². The van der Waals surface area contributed by atoms with Gasteiger partial charge in [-0.3, -0.25) is 4.57 Å². The van der Waals surface area contributed by atoms with E-state index < -0.39 is 5.97 Å². The van der Waals surface area contributed by atoms with Gasteiger partial charge in [0.05, 0.1) is 6.20 Å². The van der Waals surface area contributed by atoms with Gasteiger partial charge in [0.2, 0.25) is 0 Å². The highest BCUT2D eigenvalue weighted by molar-refractivity contribution is 7.98. The molecule has 0 atom stereocenters. The van der Waals surface area contributed by atoms with Gasteiger partial charge in [-0.25, -0.2) is 14.2 Å². The fraction of sp³-hybridized carbons (Fsp3) is 0.200. The zero-order valence-corrected chi connectivity index (χ0v) is 13.7. The molecule has 0 amide bonds. The number of carbonyl (C=O) groups is 1. The van der Waals surface area contributed by atoms with Crippen molar-refractivity contribution in [1.82, 2.24) is 19.7 Å². The lowest BCUT2D eigenvalue weighted by molar-refractivity contribution is 0.0419. The van der Waals surface area contributed by atoms with Crippen LogP contribution in [0, 0.1) is 12.7 Å². The maximum Gasteiger partial charge on any atom is 0.357 e. The maximum atomic E-state index is 13.1. The number of aryl methyl sites for hydroxylation is 1. The average molecular weight is 348 g/mol. The summed E-state index contributed by atoms with van der Waals surface area (Å²) >= 11 is 1.36. The van der Waals surface area contributed by atoms with E-state index in [2.05, 4.69) is 15.1 Å². The first kappa shape index (κ1) is 16.2. The number of nitrogens with zero attached hydrogens (tertiary/aromatic N) is 4. The van der Waals surface area contributed by atoms with Crippen LogP contribution in [0.2, 0.25) is 0 Å². The number of esters is 1. The minimum Gasteiger partial charge on any atom is -0.451 e. The monoisotopic (exact) mass is 348 g/mol. The van der Waals surface area contributed by atoms with E-state index in [1.165, 1.54) is 30.1 Å². The second kappa shape index (κ2) is 6.83. The zero-order chi connectivity index (χ0) is 17.1. The van der Waals surface area contributed by atoms with Crippen LogP contribution in [-0.4, -0.2) is 31.9 Å². The van der Waals surface area contributed by atoms with Crippen molar-refractivity contribution in [2.75, 3.05) is 6.26 Å². The summed E-state index contributed by atoms with van der Waals surface area (Å²) in [5.74, 6) is -0.288. The molecule has 0 fully saturated rings. The van der Waals surface area contributed by atoms with Crippen LogP contribution in [0.4, 0.5) is 4.39 Å². The second-order valence-corrected chi connectivity index (χ2v) is 5.53. The molecule has 0 saturated carbocycles.